The zero-order chi connectivity index (χ0) is 8.48. The lowest BCUT2D eigenvalue weighted by Gasteiger charge is -2.37. The van der Waals surface area contributed by atoms with Crippen LogP contribution in [0.4, 0.5) is 8.78 Å². The zero-order valence-corrected chi connectivity index (χ0v) is 6.18. The Bertz CT molecular complexity index is 193. The number of amides is 1. The van der Waals surface area contributed by atoms with Gasteiger partial charge in [-0.15, -0.1) is 0 Å². The lowest BCUT2D eigenvalue weighted by atomic mass is 10.1. The van der Waals surface area contributed by atoms with E-state index >= 15 is 0 Å². The maximum Gasteiger partial charge on any atom is 0.282 e. The third kappa shape index (κ3) is 1.76. The van der Waals surface area contributed by atoms with Gasteiger partial charge in [-0.1, -0.05) is 6.08 Å². The van der Waals surface area contributed by atoms with Crippen LogP contribution in [0.1, 0.15) is 6.92 Å². The molecular formula is C7H9F2NO. The molecule has 0 aliphatic carbocycles. The third-order valence-corrected chi connectivity index (χ3v) is 1.47. The van der Waals surface area contributed by atoms with Crippen LogP contribution in [0, 0.1) is 0 Å². The summed E-state index contributed by atoms with van der Waals surface area (Å²) in [6.45, 7) is 0.808. The molecule has 0 unspecified atom stereocenters. The molecule has 1 saturated heterocycles. The van der Waals surface area contributed by atoms with Crippen LogP contribution in [0.25, 0.3) is 0 Å². The summed E-state index contributed by atoms with van der Waals surface area (Å²) in [6.07, 6.45) is 2.83. The summed E-state index contributed by atoms with van der Waals surface area (Å²) >= 11 is 0. The number of nitrogens with zero attached hydrogens (tertiary/aromatic N) is 1. The van der Waals surface area contributed by atoms with E-state index in [0.717, 1.165) is 4.90 Å². The van der Waals surface area contributed by atoms with Crippen molar-refractivity contribution in [2.45, 2.75) is 12.8 Å². The molecule has 1 amide bonds. The van der Waals surface area contributed by atoms with Crippen LogP contribution >= 0.6 is 0 Å². The van der Waals surface area contributed by atoms with Gasteiger partial charge in [0.2, 0.25) is 5.91 Å². The highest BCUT2D eigenvalue weighted by atomic mass is 19.3. The van der Waals surface area contributed by atoms with Gasteiger partial charge in [0.1, 0.15) is 0 Å². The Morgan fingerprint density at radius 3 is 2.45 bits per heavy atom. The highest BCUT2D eigenvalue weighted by Crippen LogP contribution is 2.26. The Hall–Kier alpha value is -0.930. The molecule has 0 atom stereocenters. The monoisotopic (exact) mass is 161 g/mol. The van der Waals surface area contributed by atoms with Gasteiger partial charge in [0.05, 0.1) is 13.1 Å². The summed E-state index contributed by atoms with van der Waals surface area (Å²) in [6, 6.07) is 0. The summed E-state index contributed by atoms with van der Waals surface area (Å²) in [7, 11) is 0. The number of hydrogen-bond acceptors (Lipinski definition) is 1. The fourth-order valence-corrected chi connectivity index (χ4v) is 0.916. The lowest BCUT2D eigenvalue weighted by molar-refractivity contribution is -0.160. The molecule has 0 N–H and O–H groups in total. The van der Waals surface area contributed by atoms with E-state index in [-0.39, 0.29) is 5.91 Å². The summed E-state index contributed by atoms with van der Waals surface area (Å²) in [5.74, 6) is -2.99. The van der Waals surface area contributed by atoms with Crippen molar-refractivity contribution in [3.8, 4) is 0 Å². The Morgan fingerprint density at radius 2 is 2.09 bits per heavy atom. The van der Waals surface area contributed by atoms with Crippen LogP contribution in [0.2, 0.25) is 0 Å². The SMILES string of the molecule is CC=CC(=O)N1CC(F)(F)C1. The topological polar surface area (TPSA) is 20.3 Å². The number of allylic oxidation sites excluding steroid dienone is 1. The molecule has 2 nitrogen and oxygen atoms in total. The standard InChI is InChI=1S/C7H9F2NO/c1-2-3-6(11)10-4-7(8,9)5-10/h2-3H,4-5H2,1H3. The zero-order valence-electron chi connectivity index (χ0n) is 6.18. The first-order valence-electron chi connectivity index (χ1n) is 3.34. The number of carbonyl (C=O) groups is 1. The molecule has 1 fully saturated rings. The van der Waals surface area contributed by atoms with Crippen molar-refractivity contribution in [3.63, 3.8) is 0 Å². The molecule has 1 aliphatic heterocycles. The van der Waals surface area contributed by atoms with E-state index < -0.39 is 19.0 Å². The Balaban J connectivity index is 2.38. The molecule has 0 spiro atoms. The lowest BCUT2D eigenvalue weighted by Crippen LogP contribution is -2.57. The van der Waals surface area contributed by atoms with E-state index in [1.54, 1.807) is 13.0 Å². The third-order valence-electron chi connectivity index (χ3n) is 1.47. The van der Waals surface area contributed by atoms with Gasteiger partial charge in [-0.25, -0.2) is 8.78 Å². The molecule has 11 heavy (non-hydrogen) atoms. The van der Waals surface area contributed by atoms with Gasteiger partial charge in [0.15, 0.2) is 0 Å². The quantitative estimate of drug-likeness (QED) is 0.526. The van der Waals surface area contributed by atoms with Crippen molar-refractivity contribution in [3.05, 3.63) is 12.2 Å². The van der Waals surface area contributed by atoms with Crippen molar-refractivity contribution in [1.82, 2.24) is 4.90 Å². The van der Waals surface area contributed by atoms with Crippen LogP contribution in [0.3, 0.4) is 0 Å². The molecule has 0 aromatic rings. The Labute approximate surface area is 63.5 Å². The highest BCUT2D eigenvalue weighted by molar-refractivity contribution is 5.88. The number of alkyl halides is 2. The molecule has 0 saturated carbocycles. The molecule has 1 heterocycles. The fourth-order valence-electron chi connectivity index (χ4n) is 0.916. The fraction of sp³-hybridized carbons (Fsp3) is 0.571. The molecule has 1 rings (SSSR count). The minimum atomic E-state index is -2.66. The number of hydrogen-bond donors (Lipinski definition) is 0. The number of likely N-dealkylation sites (tertiary alicyclic amines) is 1. The van der Waals surface area contributed by atoms with Crippen LogP contribution in [-0.2, 0) is 4.79 Å². The van der Waals surface area contributed by atoms with Gasteiger partial charge in [0, 0.05) is 0 Å². The van der Waals surface area contributed by atoms with Gasteiger partial charge < -0.3 is 4.90 Å². The van der Waals surface area contributed by atoms with E-state index in [2.05, 4.69) is 0 Å². The summed E-state index contributed by atoms with van der Waals surface area (Å²) in [4.78, 5) is 11.9. The molecule has 1 aliphatic rings. The molecule has 0 aromatic carbocycles. The van der Waals surface area contributed by atoms with E-state index in [1.165, 1.54) is 6.08 Å². The van der Waals surface area contributed by atoms with Crippen molar-refractivity contribution < 1.29 is 13.6 Å². The van der Waals surface area contributed by atoms with Gasteiger partial charge >= 0.3 is 0 Å². The second-order valence-electron chi connectivity index (χ2n) is 2.55. The smallest absolute Gasteiger partial charge is 0.282 e. The van der Waals surface area contributed by atoms with Gasteiger partial charge in [-0.3, -0.25) is 4.79 Å². The van der Waals surface area contributed by atoms with Gasteiger partial charge in [0.25, 0.3) is 5.92 Å². The van der Waals surface area contributed by atoms with Crippen LogP contribution in [0.5, 0.6) is 0 Å². The first kappa shape index (κ1) is 8.17. The number of rotatable bonds is 1. The predicted molar refractivity (Wildman–Crippen MR) is 36.3 cm³/mol. The van der Waals surface area contributed by atoms with Gasteiger partial charge in [-0.2, -0.15) is 0 Å². The molecule has 0 bridgehead atoms. The second-order valence-corrected chi connectivity index (χ2v) is 2.55. The molecule has 4 heteroatoms. The van der Waals surface area contributed by atoms with Crippen molar-refractivity contribution >= 4 is 5.91 Å². The van der Waals surface area contributed by atoms with E-state index in [4.69, 9.17) is 0 Å². The predicted octanol–water partition coefficient (Wildman–Crippen LogP) is 1.04. The Morgan fingerprint density at radius 1 is 1.55 bits per heavy atom. The minimum absolute atomic E-state index is 0.335. The first-order valence-corrected chi connectivity index (χ1v) is 3.34. The normalized spacial score (nSPS) is 21.9. The minimum Gasteiger partial charge on any atom is -0.327 e. The average Bonchev–Trinajstić information content (AvgIpc) is 1.83. The van der Waals surface area contributed by atoms with Crippen molar-refractivity contribution in [2.24, 2.45) is 0 Å². The van der Waals surface area contributed by atoms with E-state index in [0.29, 0.717) is 0 Å². The van der Waals surface area contributed by atoms with Crippen LogP contribution in [-0.4, -0.2) is 29.8 Å². The molecule has 0 aromatic heterocycles. The summed E-state index contributed by atoms with van der Waals surface area (Å²) < 4.78 is 24.3. The summed E-state index contributed by atoms with van der Waals surface area (Å²) in [5, 5.41) is 0. The average molecular weight is 161 g/mol. The van der Waals surface area contributed by atoms with Crippen LogP contribution in [0.15, 0.2) is 12.2 Å². The van der Waals surface area contributed by atoms with E-state index in [1.807, 2.05) is 0 Å². The largest absolute Gasteiger partial charge is 0.327 e. The number of halogens is 2. The van der Waals surface area contributed by atoms with Crippen molar-refractivity contribution in [2.75, 3.05) is 13.1 Å². The highest BCUT2D eigenvalue weighted by Gasteiger charge is 2.45. The molecular weight excluding hydrogens is 152 g/mol. The molecule has 62 valence electrons. The molecule has 0 radical (unpaired) electrons. The first-order chi connectivity index (χ1) is 5.05. The maximum atomic E-state index is 12.2. The second kappa shape index (κ2) is 2.60. The maximum absolute atomic E-state index is 12.2. The summed E-state index contributed by atoms with van der Waals surface area (Å²) in [5.41, 5.74) is 0. The number of carbonyl (C=O) groups excluding carboxylic acids is 1. The van der Waals surface area contributed by atoms with Crippen molar-refractivity contribution in [1.29, 1.82) is 0 Å². The van der Waals surface area contributed by atoms with Crippen LogP contribution < -0.4 is 0 Å². The van der Waals surface area contributed by atoms with E-state index in [9.17, 15) is 13.6 Å². The van der Waals surface area contributed by atoms with Gasteiger partial charge in [-0.05, 0) is 13.0 Å². The Kier molecular flexibility index (Phi) is 1.93.